The van der Waals surface area contributed by atoms with Crippen LogP contribution in [0.5, 0.6) is 0 Å². The van der Waals surface area contributed by atoms with Crippen molar-refractivity contribution in [2.24, 2.45) is 11.8 Å². The van der Waals surface area contributed by atoms with Crippen LogP contribution in [-0.4, -0.2) is 33.4 Å². The number of amides is 1. The molecule has 0 aliphatic carbocycles. The first kappa shape index (κ1) is 15.2. The molecular formula is C16H21N3O2S. The molecule has 0 unspecified atom stereocenters. The molecule has 1 aliphatic heterocycles. The molecule has 0 aromatic carbocycles. The first-order valence-electron chi connectivity index (χ1n) is 7.75. The Morgan fingerprint density at radius 2 is 2.09 bits per heavy atom. The lowest BCUT2D eigenvalue weighted by atomic mass is 9.92. The largest absolute Gasteiger partial charge is 0.342 e. The van der Waals surface area contributed by atoms with Crippen molar-refractivity contribution in [1.29, 1.82) is 0 Å². The standard InChI is InChI=1S/C16H21N3O2S/c1-11-7-12(2)9-19(8-11)14(20)3-5-18-10-17-15-13(16(18)21)4-6-22-15/h4,6,10-12H,3,5,7-9H2,1-2H3/t11-,12-/m0/s1. The van der Waals surface area contributed by atoms with Gasteiger partial charge in [0, 0.05) is 26.1 Å². The number of rotatable bonds is 3. The fourth-order valence-corrected chi connectivity index (χ4v) is 4.02. The lowest BCUT2D eigenvalue weighted by Crippen LogP contribution is -2.43. The van der Waals surface area contributed by atoms with Crippen LogP contribution in [0.2, 0.25) is 0 Å². The molecule has 3 heterocycles. The van der Waals surface area contributed by atoms with Crippen molar-refractivity contribution in [3.63, 3.8) is 0 Å². The quantitative estimate of drug-likeness (QED) is 0.872. The Morgan fingerprint density at radius 3 is 2.82 bits per heavy atom. The van der Waals surface area contributed by atoms with Crippen LogP contribution in [0, 0.1) is 11.8 Å². The van der Waals surface area contributed by atoms with E-state index in [0.717, 1.165) is 17.9 Å². The van der Waals surface area contributed by atoms with Crippen LogP contribution in [0.25, 0.3) is 10.2 Å². The van der Waals surface area contributed by atoms with E-state index in [4.69, 9.17) is 0 Å². The average Bonchev–Trinajstić information content (AvgIpc) is 2.94. The molecule has 1 fully saturated rings. The SMILES string of the molecule is C[C@H]1C[C@H](C)CN(C(=O)CCn2cnc3sccc3c2=O)C1. The van der Waals surface area contributed by atoms with E-state index < -0.39 is 0 Å². The van der Waals surface area contributed by atoms with Gasteiger partial charge >= 0.3 is 0 Å². The number of piperidine rings is 1. The van der Waals surface area contributed by atoms with Crippen LogP contribution >= 0.6 is 11.3 Å². The van der Waals surface area contributed by atoms with Gasteiger partial charge in [0.25, 0.3) is 5.56 Å². The second kappa shape index (κ2) is 6.20. The molecule has 0 bridgehead atoms. The van der Waals surface area contributed by atoms with E-state index in [1.807, 2.05) is 10.3 Å². The zero-order chi connectivity index (χ0) is 15.7. The van der Waals surface area contributed by atoms with Gasteiger partial charge in [-0.3, -0.25) is 14.2 Å². The Hall–Kier alpha value is -1.69. The predicted molar refractivity (Wildman–Crippen MR) is 88.0 cm³/mol. The maximum atomic E-state index is 12.4. The third-order valence-electron chi connectivity index (χ3n) is 4.24. The maximum Gasteiger partial charge on any atom is 0.262 e. The Balaban J connectivity index is 1.67. The van der Waals surface area contributed by atoms with Crippen LogP contribution < -0.4 is 5.56 Å². The third kappa shape index (κ3) is 3.06. The molecule has 118 valence electrons. The van der Waals surface area contributed by atoms with Crippen LogP contribution in [0.3, 0.4) is 0 Å². The minimum absolute atomic E-state index is 0.0561. The lowest BCUT2D eigenvalue weighted by Gasteiger charge is -2.35. The molecule has 1 aliphatic rings. The van der Waals surface area contributed by atoms with Gasteiger partial charge in [0.2, 0.25) is 5.91 Å². The summed E-state index contributed by atoms with van der Waals surface area (Å²) in [5.41, 5.74) is -0.0561. The number of fused-ring (bicyclic) bond motifs is 1. The molecule has 1 saturated heterocycles. The number of likely N-dealkylation sites (tertiary alicyclic amines) is 1. The van der Waals surface area contributed by atoms with Crippen molar-refractivity contribution in [2.75, 3.05) is 13.1 Å². The highest BCUT2D eigenvalue weighted by atomic mass is 32.1. The monoisotopic (exact) mass is 319 g/mol. The van der Waals surface area contributed by atoms with E-state index in [0.29, 0.717) is 30.2 Å². The van der Waals surface area contributed by atoms with Gasteiger partial charge in [-0.05, 0) is 29.7 Å². The Bertz CT molecular complexity index is 726. The van der Waals surface area contributed by atoms with Crippen molar-refractivity contribution in [3.05, 3.63) is 28.1 Å². The second-order valence-electron chi connectivity index (χ2n) is 6.38. The molecule has 1 amide bonds. The summed E-state index contributed by atoms with van der Waals surface area (Å²) in [4.78, 5) is 31.6. The van der Waals surface area contributed by atoms with Crippen molar-refractivity contribution >= 4 is 27.5 Å². The zero-order valence-corrected chi connectivity index (χ0v) is 13.8. The topological polar surface area (TPSA) is 55.2 Å². The lowest BCUT2D eigenvalue weighted by molar-refractivity contribution is -0.134. The van der Waals surface area contributed by atoms with Gasteiger partial charge in [-0.2, -0.15) is 0 Å². The van der Waals surface area contributed by atoms with Crippen LogP contribution in [-0.2, 0) is 11.3 Å². The Labute approximate surface area is 133 Å². The molecular weight excluding hydrogens is 298 g/mol. The van der Waals surface area contributed by atoms with Gasteiger partial charge in [-0.15, -0.1) is 11.3 Å². The first-order chi connectivity index (χ1) is 10.5. The minimum Gasteiger partial charge on any atom is -0.342 e. The summed E-state index contributed by atoms with van der Waals surface area (Å²) in [5, 5.41) is 2.51. The number of thiophene rings is 1. The van der Waals surface area contributed by atoms with Gasteiger partial charge in [0.05, 0.1) is 11.7 Å². The summed E-state index contributed by atoms with van der Waals surface area (Å²) < 4.78 is 1.55. The van der Waals surface area contributed by atoms with E-state index >= 15 is 0 Å². The summed E-state index contributed by atoms with van der Waals surface area (Å²) in [6, 6.07) is 1.79. The Morgan fingerprint density at radius 1 is 1.36 bits per heavy atom. The molecule has 0 spiro atoms. The third-order valence-corrected chi connectivity index (χ3v) is 5.06. The molecule has 0 N–H and O–H groups in total. The van der Waals surface area contributed by atoms with Crippen molar-refractivity contribution in [3.8, 4) is 0 Å². The second-order valence-corrected chi connectivity index (χ2v) is 7.27. The van der Waals surface area contributed by atoms with Gasteiger partial charge in [-0.1, -0.05) is 13.8 Å². The van der Waals surface area contributed by atoms with E-state index in [-0.39, 0.29) is 11.5 Å². The van der Waals surface area contributed by atoms with E-state index in [2.05, 4.69) is 18.8 Å². The molecule has 22 heavy (non-hydrogen) atoms. The van der Waals surface area contributed by atoms with Crippen LogP contribution in [0.15, 0.2) is 22.6 Å². The fourth-order valence-electron chi connectivity index (χ4n) is 3.29. The van der Waals surface area contributed by atoms with E-state index in [9.17, 15) is 9.59 Å². The van der Waals surface area contributed by atoms with Crippen LogP contribution in [0.1, 0.15) is 26.7 Å². The minimum atomic E-state index is -0.0561. The molecule has 5 nitrogen and oxygen atoms in total. The zero-order valence-electron chi connectivity index (χ0n) is 13.0. The normalized spacial score (nSPS) is 22.2. The van der Waals surface area contributed by atoms with Gasteiger partial charge < -0.3 is 4.90 Å². The Kier molecular flexibility index (Phi) is 4.29. The van der Waals surface area contributed by atoms with Crippen molar-refractivity contribution in [1.82, 2.24) is 14.5 Å². The van der Waals surface area contributed by atoms with E-state index in [1.165, 1.54) is 17.8 Å². The number of carbonyl (C=O) groups is 1. The van der Waals surface area contributed by atoms with Crippen molar-refractivity contribution < 1.29 is 4.79 Å². The summed E-state index contributed by atoms with van der Waals surface area (Å²) in [6.07, 6.45) is 3.09. The van der Waals surface area contributed by atoms with Crippen molar-refractivity contribution in [2.45, 2.75) is 33.2 Å². The number of nitrogens with zero attached hydrogens (tertiary/aromatic N) is 3. The number of hydrogen-bond acceptors (Lipinski definition) is 4. The van der Waals surface area contributed by atoms with Gasteiger partial charge in [-0.25, -0.2) is 4.98 Å². The highest BCUT2D eigenvalue weighted by molar-refractivity contribution is 7.16. The van der Waals surface area contributed by atoms with E-state index in [1.54, 1.807) is 17.0 Å². The summed E-state index contributed by atoms with van der Waals surface area (Å²) in [5.74, 6) is 1.24. The predicted octanol–water partition coefficient (Wildman–Crippen LogP) is 2.35. The first-order valence-corrected chi connectivity index (χ1v) is 8.63. The van der Waals surface area contributed by atoms with Crippen LogP contribution in [0.4, 0.5) is 0 Å². The molecule has 3 rings (SSSR count). The number of carbonyl (C=O) groups excluding carboxylic acids is 1. The summed E-state index contributed by atoms with van der Waals surface area (Å²) in [7, 11) is 0. The number of aromatic nitrogens is 2. The molecule has 2 aromatic heterocycles. The van der Waals surface area contributed by atoms with Gasteiger partial charge in [0.1, 0.15) is 4.83 Å². The molecule has 2 atom stereocenters. The number of hydrogen-bond donors (Lipinski definition) is 0. The molecule has 6 heteroatoms. The summed E-state index contributed by atoms with van der Waals surface area (Å²) >= 11 is 1.46. The number of aryl methyl sites for hydroxylation is 1. The summed E-state index contributed by atoms with van der Waals surface area (Å²) in [6.45, 7) is 6.44. The van der Waals surface area contributed by atoms with Gasteiger partial charge in [0.15, 0.2) is 0 Å². The molecule has 0 saturated carbocycles. The smallest absolute Gasteiger partial charge is 0.262 e. The maximum absolute atomic E-state index is 12.4. The highest BCUT2D eigenvalue weighted by Gasteiger charge is 2.25. The molecule has 0 radical (unpaired) electrons. The highest BCUT2D eigenvalue weighted by Crippen LogP contribution is 2.21. The molecule has 2 aromatic rings. The fraction of sp³-hybridized carbons (Fsp3) is 0.562. The average molecular weight is 319 g/mol.